The van der Waals surface area contributed by atoms with E-state index in [2.05, 4.69) is 5.32 Å². The van der Waals surface area contributed by atoms with Crippen molar-refractivity contribution in [1.82, 2.24) is 10.2 Å². The molecule has 2 heterocycles. The summed E-state index contributed by atoms with van der Waals surface area (Å²) < 4.78 is 0. The van der Waals surface area contributed by atoms with Crippen molar-refractivity contribution in [3.8, 4) is 0 Å². The zero-order valence-electron chi connectivity index (χ0n) is 13.5. The van der Waals surface area contributed by atoms with Crippen LogP contribution in [0.15, 0.2) is 24.3 Å². The molecule has 2 atom stereocenters. The second kappa shape index (κ2) is 6.58. The Morgan fingerprint density at radius 1 is 1.26 bits per heavy atom. The summed E-state index contributed by atoms with van der Waals surface area (Å²) in [5.41, 5.74) is 7.52. The van der Waals surface area contributed by atoms with Gasteiger partial charge in [0.2, 0.25) is 0 Å². The van der Waals surface area contributed by atoms with E-state index in [9.17, 15) is 9.59 Å². The first-order valence-corrected chi connectivity index (χ1v) is 8.30. The van der Waals surface area contributed by atoms with Crippen molar-refractivity contribution in [3.63, 3.8) is 0 Å². The van der Waals surface area contributed by atoms with E-state index >= 15 is 0 Å². The Balaban J connectivity index is 1.75. The predicted octanol–water partition coefficient (Wildman–Crippen LogP) is 1.56. The number of carbonyl (C=O) groups excluding carboxylic acids is 2. The molecule has 23 heavy (non-hydrogen) atoms. The normalized spacial score (nSPS) is 22.9. The number of carbonyl (C=O) groups is 2. The third-order valence-corrected chi connectivity index (χ3v) is 4.70. The number of amides is 3. The van der Waals surface area contributed by atoms with Crippen LogP contribution in [0.4, 0.5) is 10.5 Å². The number of urea groups is 1. The number of anilines is 1. The van der Waals surface area contributed by atoms with E-state index in [0.717, 1.165) is 31.5 Å². The molecule has 0 spiro atoms. The van der Waals surface area contributed by atoms with Gasteiger partial charge in [-0.3, -0.25) is 9.69 Å². The van der Waals surface area contributed by atoms with Crippen molar-refractivity contribution in [2.45, 2.75) is 38.3 Å². The van der Waals surface area contributed by atoms with Gasteiger partial charge in [0.25, 0.3) is 5.91 Å². The number of likely N-dealkylation sites (tertiary alicyclic amines) is 1. The highest BCUT2D eigenvalue weighted by Gasteiger charge is 2.30. The summed E-state index contributed by atoms with van der Waals surface area (Å²) >= 11 is 0. The van der Waals surface area contributed by atoms with Crippen LogP contribution in [0, 0.1) is 0 Å². The molecule has 124 valence electrons. The second-order valence-electron chi connectivity index (χ2n) is 6.35. The lowest BCUT2D eigenvalue weighted by atomic mass is 9.96. The second-order valence-corrected chi connectivity index (χ2v) is 6.35. The summed E-state index contributed by atoms with van der Waals surface area (Å²) in [4.78, 5) is 28.1. The van der Waals surface area contributed by atoms with Crippen molar-refractivity contribution in [2.24, 2.45) is 5.73 Å². The maximum absolute atomic E-state index is 12.8. The van der Waals surface area contributed by atoms with Crippen LogP contribution in [0.3, 0.4) is 0 Å². The summed E-state index contributed by atoms with van der Waals surface area (Å²) in [6.07, 6.45) is 3.12. The van der Waals surface area contributed by atoms with Crippen LogP contribution in [0.25, 0.3) is 0 Å². The summed E-state index contributed by atoms with van der Waals surface area (Å²) in [5.74, 6) is 0.0319. The molecule has 1 aromatic rings. The van der Waals surface area contributed by atoms with E-state index in [1.165, 1.54) is 0 Å². The lowest BCUT2D eigenvalue weighted by Crippen LogP contribution is -2.51. The molecule has 2 aliphatic rings. The number of nitrogens with two attached hydrogens (primary N) is 1. The van der Waals surface area contributed by atoms with Gasteiger partial charge in [0.15, 0.2) is 0 Å². The van der Waals surface area contributed by atoms with Gasteiger partial charge >= 0.3 is 6.03 Å². The minimum absolute atomic E-state index is 0.0215. The molecule has 6 heteroatoms. The van der Waals surface area contributed by atoms with Gasteiger partial charge < -0.3 is 16.0 Å². The first-order valence-electron chi connectivity index (χ1n) is 8.30. The molecule has 0 radical (unpaired) electrons. The van der Waals surface area contributed by atoms with Crippen LogP contribution >= 0.6 is 0 Å². The topological polar surface area (TPSA) is 78.7 Å². The Morgan fingerprint density at radius 3 is 2.61 bits per heavy atom. The van der Waals surface area contributed by atoms with E-state index in [-0.39, 0.29) is 24.0 Å². The SMILES string of the molecule is CC(N)C1CCCCN1C(=O)c1ccc(N2CCNC2=O)cc1. The van der Waals surface area contributed by atoms with Crippen LogP contribution in [-0.2, 0) is 0 Å². The standard InChI is InChI=1S/C17H24N4O2/c1-12(18)15-4-2-3-10-21(15)16(22)13-5-7-14(8-6-13)20-11-9-19-17(20)23/h5-8,12,15H,2-4,9-11,18H2,1H3,(H,19,23). The summed E-state index contributed by atoms with van der Waals surface area (Å²) in [6.45, 7) is 4.04. The Hall–Kier alpha value is -2.08. The quantitative estimate of drug-likeness (QED) is 0.888. The average Bonchev–Trinajstić information content (AvgIpc) is 3.00. The maximum Gasteiger partial charge on any atom is 0.321 e. The highest BCUT2D eigenvalue weighted by atomic mass is 16.2. The first-order chi connectivity index (χ1) is 11.1. The van der Waals surface area contributed by atoms with E-state index in [1.807, 2.05) is 24.0 Å². The zero-order valence-corrected chi connectivity index (χ0v) is 13.5. The predicted molar refractivity (Wildman–Crippen MR) is 89.5 cm³/mol. The maximum atomic E-state index is 12.8. The molecular weight excluding hydrogens is 292 g/mol. The van der Waals surface area contributed by atoms with Crippen molar-refractivity contribution in [2.75, 3.05) is 24.5 Å². The Kier molecular flexibility index (Phi) is 4.52. The monoisotopic (exact) mass is 316 g/mol. The molecule has 0 aliphatic carbocycles. The van der Waals surface area contributed by atoms with Crippen molar-refractivity contribution in [3.05, 3.63) is 29.8 Å². The molecular formula is C17H24N4O2. The fraction of sp³-hybridized carbons (Fsp3) is 0.529. The Bertz CT molecular complexity index is 585. The summed E-state index contributed by atoms with van der Waals surface area (Å²) in [6, 6.07) is 7.28. The number of piperidine rings is 1. The Labute approximate surface area is 136 Å². The summed E-state index contributed by atoms with van der Waals surface area (Å²) in [5, 5.41) is 2.77. The van der Waals surface area contributed by atoms with E-state index in [1.54, 1.807) is 17.0 Å². The van der Waals surface area contributed by atoms with Crippen LogP contribution in [0.5, 0.6) is 0 Å². The smallest absolute Gasteiger partial charge is 0.321 e. The van der Waals surface area contributed by atoms with Crippen LogP contribution < -0.4 is 16.0 Å². The molecule has 6 nitrogen and oxygen atoms in total. The van der Waals surface area contributed by atoms with Crippen LogP contribution in [0.2, 0.25) is 0 Å². The van der Waals surface area contributed by atoms with Gasteiger partial charge in [-0.15, -0.1) is 0 Å². The zero-order chi connectivity index (χ0) is 16.4. The number of rotatable bonds is 3. The van der Waals surface area contributed by atoms with Gasteiger partial charge in [0.1, 0.15) is 0 Å². The number of nitrogens with zero attached hydrogens (tertiary/aromatic N) is 2. The van der Waals surface area contributed by atoms with E-state index < -0.39 is 0 Å². The lowest BCUT2D eigenvalue weighted by molar-refractivity contribution is 0.0584. The van der Waals surface area contributed by atoms with Gasteiger partial charge in [-0.05, 0) is 50.5 Å². The molecule has 1 aromatic carbocycles. The third-order valence-electron chi connectivity index (χ3n) is 4.70. The highest BCUT2D eigenvalue weighted by Crippen LogP contribution is 2.23. The van der Waals surface area contributed by atoms with Gasteiger partial charge in [-0.2, -0.15) is 0 Å². The van der Waals surface area contributed by atoms with Crippen molar-refractivity contribution >= 4 is 17.6 Å². The molecule has 2 aliphatic heterocycles. The molecule has 0 saturated carbocycles. The van der Waals surface area contributed by atoms with Gasteiger partial charge in [-0.25, -0.2) is 4.79 Å². The van der Waals surface area contributed by atoms with E-state index in [4.69, 9.17) is 5.73 Å². The highest BCUT2D eigenvalue weighted by molar-refractivity contribution is 5.97. The fourth-order valence-electron chi connectivity index (χ4n) is 3.42. The molecule has 3 rings (SSSR count). The molecule has 3 N–H and O–H groups in total. The molecule has 2 unspecified atom stereocenters. The van der Waals surface area contributed by atoms with Crippen molar-refractivity contribution < 1.29 is 9.59 Å². The number of hydrogen-bond acceptors (Lipinski definition) is 3. The number of benzene rings is 1. The number of hydrogen-bond donors (Lipinski definition) is 2. The van der Waals surface area contributed by atoms with Gasteiger partial charge in [0, 0.05) is 43.0 Å². The molecule has 0 aromatic heterocycles. The Morgan fingerprint density at radius 2 is 2.00 bits per heavy atom. The molecule has 0 bridgehead atoms. The molecule has 3 amide bonds. The van der Waals surface area contributed by atoms with Gasteiger partial charge in [-0.1, -0.05) is 0 Å². The van der Waals surface area contributed by atoms with E-state index in [0.29, 0.717) is 18.7 Å². The summed E-state index contributed by atoms with van der Waals surface area (Å²) in [7, 11) is 0. The fourth-order valence-corrected chi connectivity index (χ4v) is 3.42. The number of nitrogens with one attached hydrogen (secondary N) is 1. The largest absolute Gasteiger partial charge is 0.336 e. The van der Waals surface area contributed by atoms with Crippen molar-refractivity contribution in [1.29, 1.82) is 0 Å². The lowest BCUT2D eigenvalue weighted by Gasteiger charge is -2.38. The van der Waals surface area contributed by atoms with Gasteiger partial charge in [0.05, 0.1) is 0 Å². The minimum Gasteiger partial charge on any atom is -0.336 e. The average molecular weight is 316 g/mol. The first kappa shape index (κ1) is 15.8. The third kappa shape index (κ3) is 3.17. The van der Waals surface area contributed by atoms with Crippen LogP contribution in [-0.4, -0.2) is 48.6 Å². The molecule has 2 saturated heterocycles. The molecule has 2 fully saturated rings. The van der Waals surface area contributed by atoms with Crippen LogP contribution in [0.1, 0.15) is 36.5 Å². The minimum atomic E-state index is -0.0860.